The second-order valence-corrected chi connectivity index (χ2v) is 5.75. The number of imidazole rings is 1. The number of hydrogen-bond acceptors (Lipinski definition) is 4. The third-order valence-electron chi connectivity index (χ3n) is 3.88. The standard InChI is InChI=1S/C17H20N6O/c1-13(10-22-12-18-11-21-22)17(24)20-9-15-3-5-16(6-4-15)23-8-7-19-14(23)2/h3-8,11-13H,9-10H2,1-2H3,(H,20,24). The molecule has 0 aliphatic rings. The number of aromatic nitrogens is 5. The summed E-state index contributed by atoms with van der Waals surface area (Å²) in [4.78, 5) is 20.3. The van der Waals surface area contributed by atoms with Crippen LogP contribution in [0.5, 0.6) is 0 Å². The third-order valence-corrected chi connectivity index (χ3v) is 3.88. The number of nitrogens with zero attached hydrogens (tertiary/aromatic N) is 5. The first-order valence-electron chi connectivity index (χ1n) is 7.83. The highest BCUT2D eigenvalue weighted by atomic mass is 16.1. The molecule has 0 fully saturated rings. The molecule has 0 bridgehead atoms. The fourth-order valence-electron chi connectivity index (χ4n) is 2.48. The molecule has 3 aromatic rings. The molecule has 0 aliphatic carbocycles. The monoisotopic (exact) mass is 324 g/mol. The lowest BCUT2D eigenvalue weighted by atomic mass is 10.1. The summed E-state index contributed by atoms with van der Waals surface area (Å²) >= 11 is 0. The Labute approximate surface area is 140 Å². The number of hydrogen-bond donors (Lipinski definition) is 1. The van der Waals surface area contributed by atoms with Crippen molar-refractivity contribution in [1.29, 1.82) is 0 Å². The van der Waals surface area contributed by atoms with Gasteiger partial charge >= 0.3 is 0 Å². The summed E-state index contributed by atoms with van der Waals surface area (Å²) in [5, 5.41) is 6.97. The minimum atomic E-state index is -0.167. The minimum Gasteiger partial charge on any atom is -0.352 e. The molecule has 1 atom stereocenters. The smallest absolute Gasteiger partial charge is 0.224 e. The largest absolute Gasteiger partial charge is 0.352 e. The van der Waals surface area contributed by atoms with Crippen LogP contribution in [0.2, 0.25) is 0 Å². The first kappa shape index (κ1) is 15.9. The number of nitrogens with one attached hydrogen (secondary N) is 1. The van der Waals surface area contributed by atoms with Gasteiger partial charge < -0.3 is 9.88 Å². The number of aryl methyl sites for hydroxylation is 1. The normalized spacial score (nSPS) is 12.1. The van der Waals surface area contributed by atoms with Gasteiger partial charge in [-0.2, -0.15) is 5.10 Å². The topological polar surface area (TPSA) is 77.6 Å². The van der Waals surface area contributed by atoms with Crippen LogP contribution in [0.15, 0.2) is 49.3 Å². The molecule has 1 unspecified atom stereocenters. The van der Waals surface area contributed by atoms with Crippen molar-refractivity contribution in [2.75, 3.05) is 0 Å². The Morgan fingerprint density at radius 3 is 2.71 bits per heavy atom. The molecule has 0 aliphatic heterocycles. The first-order valence-corrected chi connectivity index (χ1v) is 7.83. The molecule has 0 spiro atoms. The van der Waals surface area contributed by atoms with E-state index in [9.17, 15) is 4.79 Å². The van der Waals surface area contributed by atoms with E-state index in [2.05, 4.69) is 20.4 Å². The van der Waals surface area contributed by atoms with Crippen LogP contribution in [-0.4, -0.2) is 30.2 Å². The maximum Gasteiger partial charge on any atom is 0.224 e. The van der Waals surface area contributed by atoms with Gasteiger partial charge in [0.2, 0.25) is 5.91 Å². The predicted octanol–water partition coefficient (Wildman–Crippen LogP) is 1.72. The van der Waals surface area contributed by atoms with Crippen LogP contribution in [0.25, 0.3) is 5.69 Å². The van der Waals surface area contributed by atoms with Crippen molar-refractivity contribution < 1.29 is 4.79 Å². The van der Waals surface area contributed by atoms with E-state index in [1.165, 1.54) is 6.33 Å². The van der Waals surface area contributed by atoms with Gasteiger partial charge in [-0.25, -0.2) is 9.97 Å². The van der Waals surface area contributed by atoms with Crippen LogP contribution in [-0.2, 0) is 17.9 Å². The fraction of sp³-hybridized carbons (Fsp3) is 0.294. The van der Waals surface area contributed by atoms with E-state index in [1.54, 1.807) is 17.2 Å². The van der Waals surface area contributed by atoms with Gasteiger partial charge in [0.25, 0.3) is 0 Å². The van der Waals surface area contributed by atoms with Crippen LogP contribution in [0.3, 0.4) is 0 Å². The van der Waals surface area contributed by atoms with E-state index in [0.29, 0.717) is 13.1 Å². The number of benzene rings is 1. The molecule has 124 valence electrons. The lowest BCUT2D eigenvalue weighted by molar-refractivity contribution is -0.125. The lowest BCUT2D eigenvalue weighted by Crippen LogP contribution is -2.31. The highest BCUT2D eigenvalue weighted by molar-refractivity contribution is 5.78. The first-order chi connectivity index (χ1) is 11.6. The van der Waals surface area contributed by atoms with Crippen molar-refractivity contribution in [3.63, 3.8) is 0 Å². The molecule has 7 heteroatoms. The van der Waals surface area contributed by atoms with Gasteiger partial charge in [-0.05, 0) is 24.6 Å². The number of carbonyl (C=O) groups is 1. The Morgan fingerprint density at radius 2 is 2.08 bits per heavy atom. The Balaban J connectivity index is 1.54. The number of carbonyl (C=O) groups excluding carboxylic acids is 1. The van der Waals surface area contributed by atoms with Gasteiger partial charge in [-0.1, -0.05) is 19.1 Å². The molecule has 1 aromatic carbocycles. The zero-order valence-corrected chi connectivity index (χ0v) is 13.8. The highest BCUT2D eigenvalue weighted by Gasteiger charge is 2.13. The maximum atomic E-state index is 12.2. The Bertz CT molecular complexity index is 791. The summed E-state index contributed by atoms with van der Waals surface area (Å²) in [5.41, 5.74) is 2.11. The number of amides is 1. The highest BCUT2D eigenvalue weighted by Crippen LogP contribution is 2.12. The van der Waals surface area contributed by atoms with E-state index in [1.807, 2.05) is 48.9 Å². The Kier molecular flexibility index (Phi) is 4.69. The average molecular weight is 324 g/mol. The SMILES string of the molecule is Cc1nccn1-c1ccc(CNC(=O)C(C)Cn2cncn2)cc1. The summed E-state index contributed by atoms with van der Waals surface area (Å²) < 4.78 is 3.68. The summed E-state index contributed by atoms with van der Waals surface area (Å²) in [6.07, 6.45) is 6.78. The van der Waals surface area contributed by atoms with Gasteiger partial charge in [0.15, 0.2) is 0 Å². The van der Waals surface area contributed by atoms with Gasteiger partial charge in [0.05, 0.1) is 12.5 Å². The van der Waals surface area contributed by atoms with Gasteiger partial charge in [0, 0.05) is 24.6 Å². The zero-order valence-electron chi connectivity index (χ0n) is 13.8. The second-order valence-electron chi connectivity index (χ2n) is 5.75. The summed E-state index contributed by atoms with van der Waals surface area (Å²) in [5.74, 6) is 0.776. The van der Waals surface area contributed by atoms with E-state index in [-0.39, 0.29) is 11.8 Å². The molecular formula is C17H20N6O. The van der Waals surface area contributed by atoms with Crippen molar-refractivity contribution in [1.82, 2.24) is 29.6 Å². The fourth-order valence-corrected chi connectivity index (χ4v) is 2.48. The molecule has 2 heterocycles. The van der Waals surface area contributed by atoms with Crippen molar-refractivity contribution in [3.8, 4) is 5.69 Å². The van der Waals surface area contributed by atoms with Crippen LogP contribution in [0.1, 0.15) is 18.3 Å². The van der Waals surface area contributed by atoms with Gasteiger partial charge in [-0.15, -0.1) is 0 Å². The molecule has 0 saturated heterocycles. The summed E-state index contributed by atoms with van der Waals surface area (Å²) in [6, 6.07) is 8.07. The van der Waals surface area contributed by atoms with E-state index >= 15 is 0 Å². The molecule has 24 heavy (non-hydrogen) atoms. The molecule has 0 radical (unpaired) electrons. The molecule has 3 rings (SSSR count). The second kappa shape index (κ2) is 7.08. The van der Waals surface area contributed by atoms with Gasteiger partial charge in [0.1, 0.15) is 18.5 Å². The zero-order chi connectivity index (χ0) is 16.9. The third kappa shape index (κ3) is 3.68. The Hall–Kier alpha value is -2.96. The minimum absolute atomic E-state index is 0.0000283. The van der Waals surface area contributed by atoms with Crippen LogP contribution >= 0.6 is 0 Å². The van der Waals surface area contributed by atoms with Gasteiger partial charge in [-0.3, -0.25) is 9.48 Å². The molecule has 2 aromatic heterocycles. The lowest BCUT2D eigenvalue weighted by Gasteiger charge is -2.12. The molecule has 7 nitrogen and oxygen atoms in total. The summed E-state index contributed by atoms with van der Waals surface area (Å²) in [6.45, 7) is 4.86. The van der Waals surface area contributed by atoms with Crippen LogP contribution in [0.4, 0.5) is 0 Å². The van der Waals surface area contributed by atoms with Crippen molar-refractivity contribution >= 4 is 5.91 Å². The quantitative estimate of drug-likeness (QED) is 0.749. The van der Waals surface area contributed by atoms with Crippen LogP contribution in [0, 0.1) is 12.8 Å². The van der Waals surface area contributed by atoms with E-state index < -0.39 is 0 Å². The van der Waals surface area contributed by atoms with Crippen molar-refractivity contribution in [3.05, 3.63) is 60.7 Å². The van der Waals surface area contributed by atoms with Crippen molar-refractivity contribution in [2.45, 2.75) is 26.9 Å². The van der Waals surface area contributed by atoms with Crippen molar-refractivity contribution in [2.24, 2.45) is 5.92 Å². The predicted molar refractivity (Wildman–Crippen MR) is 89.3 cm³/mol. The maximum absolute atomic E-state index is 12.2. The van der Waals surface area contributed by atoms with E-state index in [0.717, 1.165) is 17.1 Å². The molecule has 1 amide bonds. The van der Waals surface area contributed by atoms with E-state index in [4.69, 9.17) is 0 Å². The molecule has 0 saturated carbocycles. The molecule has 1 N–H and O–H groups in total. The Morgan fingerprint density at radius 1 is 1.29 bits per heavy atom. The molecular weight excluding hydrogens is 304 g/mol. The van der Waals surface area contributed by atoms with Crippen LogP contribution < -0.4 is 5.32 Å². The number of rotatable bonds is 6. The summed E-state index contributed by atoms with van der Waals surface area (Å²) in [7, 11) is 0. The average Bonchev–Trinajstić information content (AvgIpc) is 3.24.